The number of esters is 1. The molecule has 1 rings (SSSR count). The molecule has 3 heteroatoms. The first-order valence-corrected chi connectivity index (χ1v) is 5.14. The molecule has 16 heavy (non-hydrogen) atoms. The van der Waals surface area contributed by atoms with Crippen molar-refractivity contribution in [2.75, 3.05) is 7.11 Å². The van der Waals surface area contributed by atoms with Crippen molar-refractivity contribution in [1.29, 1.82) is 0 Å². The van der Waals surface area contributed by atoms with Crippen molar-refractivity contribution in [3.05, 3.63) is 35.9 Å². The number of methoxy groups -OCH3 is 1. The fourth-order valence-corrected chi connectivity index (χ4v) is 1.18. The minimum atomic E-state index is -0.335. The van der Waals surface area contributed by atoms with E-state index < -0.39 is 0 Å². The summed E-state index contributed by atoms with van der Waals surface area (Å²) in [6.45, 7) is 3.63. The Labute approximate surface area is 95.7 Å². The van der Waals surface area contributed by atoms with E-state index in [1.54, 1.807) is 13.2 Å². The maximum Gasteiger partial charge on any atom is 0.331 e. The van der Waals surface area contributed by atoms with Gasteiger partial charge in [0, 0.05) is 6.08 Å². The summed E-state index contributed by atoms with van der Waals surface area (Å²) in [6, 6.07) is 7.46. The van der Waals surface area contributed by atoms with E-state index in [-0.39, 0.29) is 12.1 Å². The molecule has 0 aliphatic rings. The first kappa shape index (κ1) is 12.3. The maximum absolute atomic E-state index is 11.2. The van der Waals surface area contributed by atoms with Gasteiger partial charge in [0.15, 0.2) is 0 Å². The lowest BCUT2D eigenvalue weighted by Crippen LogP contribution is -2.08. The van der Waals surface area contributed by atoms with E-state index in [0.29, 0.717) is 0 Å². The van der Waals surface area contributed by atoms with Crippen LogP contribution in [0.4, 0.5) is 0 Å². The summed E-state index contributed by atoms with van der Waals surface area (Å²) in [7, 11) is 1.61. The van der Waals surface area contributed by atoms with Gasteiger partial charge in [-0.25, -0.2) is 4.79 Å². The highest BCUT2D eigenvalue weighted by molar-refractivity contribution is 5.87. The quantitative estimate of drug-likeness (QED) is 0.578. The summed E-state index contributed by atoms with van der Waals surface area (Å²) < 4.78 is 10.0. The molecular weight excluding hydrogens is 204 g/mol. The molecule has 0 atom stereocenters. The molecule has 0 N–H and O–H groups in total. The standard InChI is InChI=1S/C13H16O3/c1-10(2)16-13(14)8-7-11-5-4-6-12(9-11)15-3/h4-10H,1-3H3/b8-7+. The lowest BCUT2D eigenvalue weighted by atomic mass is 10.2. The molecule has 0 aliphatic carbocycles. The number of ether oxygens (including phenoxy) is 2. The van der Waals surface area contributed by atoms with Crippen LogP contribution in [0.2, 0.25) is 0 Å². The fourth-order valence-electron chi connectivity index (χ4n) is 1.18. The van der Waals surface area contributed by atoms with E-state index in [0.717, 1.165) is 11.3 Å². The van der Waals surface area contributed by atoms with Gasteiger partial charge in [-0.15, -0.1) is 0 Å². The molecule has 0 amide bonds. The summed E-state index contributed by atoms with van der Waals surface area (Å²) in [6.07, 6.45) is 3.02. The molecule has 0 heterocycles. The van der Waals surface area contributed by atoms with Gasteiger partial charge in [0.1, 0.15) is 5.75 Å². The minimum absolute atomic E-state index is 0.0949. The van der Waals surface area contributed by atoms with Gasteiger partial charge in [0.2, 0.25) is 0 Å². The number of hydrogen-bond acceptors (Lipinski definition) is 3. The lowest BCUT2D eigenvalue weighted by molar-refractivity contribution is -0.141. The molecule has 0 unspecified atom stereocenters. The molecule has 0 radical (unpaired) electrons. The van der Waals surface area contributed by atoms with Gasteiger partial charge in [0.25, 0.3) is 0 Å². The summed E-state index contributed by atoms with van der Waals surface area (Å²) in [5.41, 5.74) is 0.903. The zero-order valence-electron chi connectivity index (χ0n) is 9.77. The molecule has 0 aromatic heterocycles. The van der Waals surface area contributed by atoms with Crippen molar-refractivity contribution in [3.63, 3.8) is 0 Å². The minimum Gasteiger partial charge on any atom is -0.497 e. The highest BCUT2D eigenvalue weighted by Crippen LogP contribution is 2.13. The third-order valence-corrected chi connectivity index (χ3v) is 1.86. The van der Waals surface area contributed by atoms with Crippen LogP contribution >= 0.6 is 0 Å². The monoisotopic (exact) mass is 220 g/mol. The highest BCUT2D eigenvalue weighted by atomic mass is 16.5. The van der Waals surface area contributed by atoms with Crippen molar-refractivity contribution >= 4 is 12.0 Å². The molecule has 0 spiro atoms. The highest BCUT2D eigenvalue weighted by Gasteiger charge is 1.99. The molecule has 86 valence electrons. The number of hydrogen-bond donors (Lipinski definition) is 0. The van der Waals surface area contributed by atoms with Crippen molar-refractivity contribution in [2.24, 2.45) is 0 Å². The smallest absolute Gasteiger partial charge is 0.331 e. The summed E-state index contributed by atoms with van der Waals surface area (Å²) in [5.74, 6) is 0.428. The number of benzene rings is 1. The van der Waals surface area contributed by atoms with E-state index in [1.165, 1.54) is 6.08 Å². The first-order chi connectivity index (χ1) is 7.61. The Bertz CT molecular complexity index is 381. The molecule has 3 nitrogen and oxygen atoms in total. The summed E-state index contributed by atoms with van der Waals surface area (Å²) in [4.78, 5) is 11.2. The Morgan fingerprint density at radius 2 is 2.12 bits per heavy atom. The molecule has 0 saturated carbocycles. The van der Waals surface area contributed by atoms with Crippen molar-refractivity contribution < 1.29 is 14.3 Å². The van der Waals surface area contributed by atoms with Gasteiger partial charge in [-0.3, -0.25) is 0 Å². The van der Waals surface area contributed by atoms with Gasteiger partial charge in [-0.05, 0) is 37.6 Å². The first-order valence-electron chi connectivity index (χ1n) is 5.14. The lowest BCUT2D eigenvalue weighted by Gasteiger charge is -2.04. The van der Waals surface area contributed by atoms with Gasteiger partial charge in [-0.2, -0.15) is 0 Å². The predicted octanol–water partition coefficient (Wildman–Crippen LogP) is 2.66. The van der Waals surface area contributed by atoms with Crippen LogP contribution in [0, 0.1) is 0 Å². The third-order valence-electron chi connectivity index (χ3n) is 1.86. The molecule has 0 saturated heterocycles. The molecular formula is C13H16O3. The molecule has 1 aromatic carbocycles. The average Bonchev–Trinajstić information content (AvgIpc) is 2.26. The Morgan fingerprint density at radius 1 is 1.38 bits per heavy atom. The van der Waals surface area contributed by atoms with Crippen LogP contribution in [0.15, 0.2) is 30.3 Å². The van der Waals surface area contributed by atoms with Gasteiger partial charge in [0.05, 0.1) is 13.2 Å². The SMILES string of the molecule is COc1cccc(/C=C/C(=O)OC(C)C)c1. The zero-order valence-corrected chi connectivity index (χ0v) is 9.77. The largest absolute Gasteiger partial charge is 0.497 e. The van der Waals surface area contributed by atoms with E-state index in [2.05, 4.69) is 0 Å². The number of rotatable bonds is 4. The molecule has 0 bridgehead atoms. The number of carbonyl (C=O) groups excluding carboxylic acids is 1. The fraction of sp³-hybridized carbons (Fsp3) is 0.308. The Kier molecular flexibility index (Phi) is 4.58. The summed E-state index contributed by atoms with van der Waals surface area (Å²) in [5, 5.41) is 0. The second-order valence-electron chi connectivity index (χ2n) is 3.60. The average molecular weight is 220 g/mol. The van der Waals surface area contributed by atoms with Gasteiger partial charge >= 0.3 is 5.97 Å². The van der Waals surface area contributed by atoms with Crippen LogP contribution in [0.1, 0.15) is 19.4 Å². The van der Waals surface area contributed by atoms with Gasteiger partial charge in [-0.1, -0.05) is 12.1 Å². The maximum atomic E-state index is 11.2. The van der Waals surface area contributed by atoms with Crippen molar-refractivity contribution in [1.82, 2.24) is 0 Å². The van der Waals surface area contributed by atoms with Crippen molar-refractivity contribution in [2.45, 2.75) is 20.0 Å². The Balaban J connectivity index is 2.65. The normalized spacial score (nSPS) is 10.8. The molecule has 1 aromatic rings. The van der Waals surface area contributed by atoms with E-state index in [9.17, 15) is 4.79 Å². The van der Waals surface area contributed by atoms with Gasteiger partial charge < -0.3 is 9.47 Å². The van der Waals surface area contributed by atoms with Crippen LogP contribution in [-0.4, -0.2) is 19.2 Å². The van der Waals surface area contributed by atoms with Crippen LogP contribution in [-0.2, 0) is 9.53 Å². The van der Waals surface area contributed by atoms with Crippen LogP contribution in [0.5, 0.6) is 5.75 Å². The summed E-state index contributed by atoms with van der Waals surface area (Å²) >= 11 is 0. The number of carbonyl (C=O) groups is 1. The second kappa shape index (κ2) is 5.95. The molecule has 0 aliphatic heterocycles. The van der Waals surface area contributed by atoms with E-state index >= 15 is 0 Å². The second-order valence-corrected chi connectivity index (χ2v) is 3.60. The van der Waals surface area contributed by atoms with E-state index in [1.807, 2.05) is 38.1 Å². The Morgan fingerprint density at radius 3 is 2.75 bits per heavy atom. The Hall–Kier alpha value is -1.77. The van der Waals surface area contributed by atoms with Crippen LogP contribution in [0.25, 0.3) is 6.08 Å². The zero-order chi connectivity index (χ0) is 12.0. The predicted molar refractivity (Wildman–Crippen MR) is 63.3 cm³/mol. The van der Waals surface area contributed by atoms with E-state index in [4.69, 9.17) is 9.47 Å². The molecule has 0 fully saturated rings. The third kappa shape index (κ3) is 4.17. The topological polar surface area (TPSA) is 35.5 Å². The van der Waals surface area contributed by atoms with Crippen LogP contribution in [0.3, 0.4) is 0 Å². The van der Waals surface area contributed by atoms with Crippen LogP contribution < -0.4 is 4.74 Å². The van der Waals surface area contributed by atoms with Crippen molar-refractivity contribution in [3.8, 4) is 5.75 Å².